The van der Waals surface area contributed by atoms with Crippen LogP contribution >= 0.6 is 0 Å². The Morgan fingerprint density at radius 1 is 0.824 bits per heavy atom. The quantitative estimate of drug-likeness (QED) is 0.768. The van der Waals surface area contributed by atoms with Crippen LogP contribution in [0.5, 0.6) is 0 Å². The summed E-state index contributed by atoms with van der Waals surface area (Å²) in [7, 11) is 0. The van der Waals surface area contributed by atoms with Crippen molar-refractivity contribution in [2.45, 2.75) is 70.4 Å². The highest BCUT2D eigenvalue weighted by atomic mass is 15.0. The van der Waals surface area contributed by atoms with Crippen LogP contribution in [-0.4, -0.2) is 12.1 Å². The highest BCUT2D eigenvalue weighted by Crippen LogP contribution is 2.54. The summed E-state index contributed by atoms with van der Waals surface area (Å²) in [5.41, 5.74) is 0. The summed E-state index contributed by atoms with van der Waals surface area (Å²) in [6, 6.07) is 1.77. The molecule has 0 radical (unpaired) electrons. The summed E-state index contributed by atoms with van der Waals surface area (Å²) in [4.78, 5) is 0. The third-order valence-electron chi connectivity index (χ3n) is 6.49. The van der Waals surface area contributed by atoms with Crippen LogP contribution in [0, 0.1) is 29.6 Å². The van der Waals surface area contributed by atoms with Crippen molar-refractivity contribution < 1.29 is 0 Å². The maximum absolute atomic E-state index is 4.11. The molecule has 0 amide bonds. The molecule has 17 heavy (non-hydrogen) atoms. The van der Waals surface area contributed by atoms with Crippen LogP contribution in [-0.2, 0) is 0 Å². The van der Waals surface area contributed by atoms with E-state index in [9.17, 15) is 0 Å². The van der Waals surface area contributed by atoms with E-state index in [1.807, 2.05) is 0 Å². The standard InChI is InChI=1S/C16H27N/c1-10-3-2-4-15(10)17-16-13-6-11-5-12(8-13)9-14(16)7-11/h10-17H,2-9H2,1H3. The first-order valence-corrected chi connectivity index (χ1v) is 8.05. The molecular weight excluding hydrogens is 206 g/mol. The van der Waals surface area contributed by atoms with Crippen LogP contribution < -0.4 is 5.32 Å². The minimum absolute atomic E-state index is 0.859. The van der Waals surface area contributed by atoms with Gasteiger partial charge in [0.25, 0.3) is 0 Å². The topological polar surface area (TPSA) is 12.0 Å². The summed E-state index contributed by atoms with van der Waals surface area (Å²) in [5, 5.41) is 4.11. The maximum Gasteiger partial charge on any atom is 0.0127 e. The number of hydrogen-bond acceptors (Lipinski definition) is 1. The predicted octanol–water partition coefficient (Wildman–Crippen LogP) is 3.59. The lowest BCUT2D eigenvalue weighted by molar-refractivity contribution is -0.0189. The Bertz CT molecular complexity index is 270. The van der Waals surface area contributed by atoms with Gasteiger partial charge in [0.05, 0.1) is 0 Å². The molecule has 0 aliphatic heterocycles. The van der Waals surface area contributed by atoms with Gasteiger partial charge in [-0.1, -0.05) is 13.3 Å². The summed E-state index contributed by atoms with van der Waals surface area (Å²) < 4.78 is 0. The fourth-order valence-electron chi connectivity index (χ4n) is 5.84. The molecule has 1 heteroatoms. The van der Waals surface area contributed by atoms with Crippen LogP contribution in [0.15, 0.2) is 0 Å². The van der Waals surface area contributed by atoms with Crippen LogP contribution in [0.1, 0.15) is 58.3 Å². The van der Waals surface area contributed by atoms with Crippen molar-refractivity contribution in [3.05, 3.63) is 0 Å². The van der Waals surface area contributed by atoms with Gasteiger partial charge < -0.3 is 5.32 Å². The molecule has 4 bridgehead atoms. The summed E-state index contributed by atoms with van der Waals surface area (Å²) in [6.45, 7) is 2.46. The van der Waals surface area contributed by atoms with Gasteiger partial charge >= 0.3 is 0 Å². The Balaban J connectivity index is 1.47. The number of hydrogen-bond donors (Lipinski definition) is 1. The summed E-state index contributed by atoms with van der Waals surface area (Å²) in [6.07, 6.45) is 12.2. The first-order chi connectivity index (χ1) is 8.29. The third-order valence-corrected chi connectivity index (χ3v) is 6.49. The van der Waals surface area contributed by atoms with Crippen molar-refractivity contribution in [2.75, 3.05) is 0 Å². The number of rotatable bonds is 2. The van der Waals surface area contributed by atoms with E-state index in [-0.39, 0.29) is 0 Å². The van der Waals surface area contributed by atoms with E-state index in [1.54, 1.807) is 32.1 Å². The highest BCUT2D eigenvalue weighted by molar-refractivity contribution is 5.02. The van der Waals surface area contributed by atoms with E-state index in [0.29, 0.717) is 0 Å². The molecule has 5 fully saturated rings. The fourth-order valence-corrected chi connectivity index (χ4v) is 5.84. The Kier molecular flexibility index (Phi) is 2.54. The van der Waals surface area contributed by atoms with Crippen molar-refractivity contribution in [1.82, 2.24) is 5.32 Å². The zero-order chi connectivity index (χ0) is 11.4. The fraction of sp³-hybridized carbons (Fsp3) is 1.00. The molecular formula is C16H27N. The average Bonchev–Trinajstić information content (AvgIpc) is 2.68. The Morgan fingerprint density at radius 3 is 2.00 bits per heavy atom. The molecule has 0 heterocycles. The average molecular weight is 233 g/mol. The third kappa shape index (κ3) is 1.77. The minimum Gasteiger partial charge on any atom is -0.310 e. The predicted molar refractivity (Wildman–Crippen MR) is 70.8 cm³/mol. The summed E-state index contributed by atoms with van der Waals surface area (Å²) >= 11 is 0. The lowest BCUT2D eigenvalue weighted by Crippen LogP contribution is -2.57. The molecule has 0 aromatic rings. The minimum atomic E-state index is 0.859. The molecule has 0 aromatic carbocycles. The van der Waals surface area contributed by atoms with Crippen LogP contribution in [0.25, 0.3) is 0 Å². The molecule has 1 N–H and O–H groups in total. The lowest BCUT2D eigenvalue weighted by Gasteiger charge is -2.55. The van der Waals surface area contributed by atoms with Gasteiger partial charge in [0.1, 0.15) is 0 Å². The first-order valence-electron chi connectivity index (χ1n) is 8.05. The second kappa shape index (κ2) is 3.98. The van der Waals surface area contributed by atoms with E-state index < -0.39 is 0 Å². The SMILES string of the molecule is CC1CCCC1NC1C2CC3CC(C2)CC1C3. The maximum atomic E-state index is 4.11. The molecule has 96 valence electrons. The Labute approximate surface area is 106 Å². The number of nitrogens with one attached hydrogen (secondary N) is 1. The van der Waals surface area contributed by atoms with Gasteiger partial charge in [-0.05, 0) is 74.5 Å². The largest absolute Gasteiger partial charge is 0.310 e. The van der Waals surface area contributed by atoms with E-state index >= 15 is 0 Å². The van der Waals surface area contributed by atoms with E-state index in [1.165, 1.54) is 19.3 Å². The second-order valence-corrected chi connectivity index (χ2v) is 7.64. The van der Waals surface area contributed by atoms with Crippen molar-refractivity contribution in [3.8, 4) is 0 Å². The van der Waals surface area contributed by atoms with E-state index in [4.69, 9.17) is 0 Å². The molecule has 5 saturated carbocycles. The molecule has 1 nitrogen and oxygen atoms in total. The van der Waals surface area contributed by atoms with Gasteiger partial charge in [-0.15, -0.1) is 0 Å². The highest BCUT2D eigenvalue weighted by Gasteiger charge is 2.48. The molecule has 0 aromatic heterocycles. The zero-order valence-electron chi connectivity index (χ0n) is 11.2. The molecule has 5 aliphatic rings. The monoisotopic (exact) mass is 233 g/mol. The van der Waals surface area contributed by atoms with E-state index in [2.05, 4.69) is 12.2 Å². The lowest BCUT2D eigenvalue weighted by atomic mass is 9.54. The van der Waals surface area contributed by atoms with Gasteiger partial charge in [-0.2, -0.15) is 0 Å². The van der Waals surface area contributed by atoms with Gasteiger partial charge in [0.15, 0.2) is 0 Å². The van der Waals surface area contributed by atoms with Crippen LogP contribution in [0.2, 0.25) is 0 Å². The molecule has 2 atom stereocenters. The smallest absolute Gasteiger partial charge is 0.0127 e. The van der Waals surface area contributed by atoms with Crippen molar-refractivity contribution in [1.29, 1.82) is 0 Å². The first kappa shape index (κ1) is 10.8. The molecule has 0 saturated heterocycles. The van der Waals surface area contributed by atoms with Crippen LogP contribution in [0.3, 0.4) is 0 Å². The van der Waals surface area contributed by atoms with Gasteiger partial charge in [-0.3, -0.25) is 0 Å². The van der Waals surface area contributed by atoms with Crippen molar-refractivity contribution >= 4 is 0 Å². The van der Waals surface area contributed by atoms with Gasteiger partial charge in [0.2, 0.25) is 0 Å². The second-order valence-electron chi connectivity index (χ2n) is 7.64. The van der Waals surface area contributed by atoms with Gasteiger partial charge in [0, 0.05) is 12.1 Å². The Hall–Kier alpha value is -0.0400. The molecule has 5 rings (SSSR count). The zero-order valence-corrected chi connectivity index (χ0v) is 11.2. The Morgan fingerprint density at radius 2 is 1.47 bits per heavy atom. The molecule has 5 aliphatic carbocycles. The van der Waals surface area contributed by atoms with Gasteiger partial charge in [-0.25, -0.2) is 0 Å². The van der Waals surface area contributed by atoms with Crippen LogP contribution in [0.4, 0.5) is 0 Å². The van der Waals surface area contributed by atoms with Crippen molar-refractivity contribution in [3.63, 3.8) is 0 Å². The molecule has 2 unspecified atom stereocenters. The normalized spacial score (nSPS) is 56.6. The van der Waals surface area contributed by atoms with E-state index in [0.717, 1.165) is 41.7 Å². The summed E-state index contributed by atoms with van der Waals surface area (Å²) in [5.74, 6) is 5.29. The van der Waals surface area contributed by atoms with Crippen molar-refractivity contribution in [2.24, 2.45) is 29.6 Å². The molecule has 0 spiro atoms.